The summed E-state index contributed by atoms with van der Waals surface area (Å²) in [4.78, 5) is 23.4. The first kappa shape index (κ1) is 15.6. The number of esters is 1. The van der Waals surface area contributed by atoms with E-state index >= 15 is 0 Å². The number of carbonyl (C=O) groups excluding carboxylic acids is 2. The van der Waals surface area contributed by atoms with Gasteiger partial charge in [-0.05, 0) is 25.5 Å². The number of ketones is 1. The average Bonchev–Trinajstić information content (AvgIpc) is 2.37. The van der Waals surface area contributed by atoms with E-state index < -0.39 is 16.8 Å². The van der Waals surface area contributed by atoms with E-state index in [1.54, 1.807) is 19.1 Å². The standard InChI is InChI=1S/C14H18O4S/c1-3-18-14(16)9-8-12(15)10-19(17)13-7-5-4-6-11(13)2/h4-7H,3,8-10H2,1-2H3. The van der Waals surface area contributed by atoms with E-state index in [4.69, 9.17) is 4.74 Å². The first-order chi connectivity index (χ1) is 9.04. The molecule has 0 saturated heterocycles. The number of hydrogen-bond acceptors (Lipinski definition) is 4. The van der Waals surface area contributed by atoms with E-state index in [1.807, 2.05) is 19.1 Å². The highest BCUT2D eigenvalue weighted by molar-refractivity contribution is 7.85. The fraction of sp³-hybridized carbons (Fsp3) is 0.429. The molecule has 0 spiro atoms. The number of hydrogen-bond donors (Lipinski definition) is 0. The SMILES string of the molecule is CCOC(=O)CCC(=O)CS(=O)c1ccccc1C. The van der Waals surface area contributed by atoms with Gasteiger partial charge in [0.15, 0.2) is 0 Å². The van der Waals surface area contributed by atoms with Crippen LogP contribution in [0.15, 0.2) is 29.2 Å². The number of aryl methyl sites for hydroxylation is 1. The van der Waals surface area contributed by atoms with Gasteiger partial charge >= 0.3 is 5.97 Å². The predicted molar refractivity (Wildman–Crippen MR) is 73.3 cm³/mol. The van der Waals surface area contributed by atoms with Gasteiger partial charge in [0.25, 0.3) is 0 Å². The first-order valence-electron chi connectivity index (χ1n) is 6.16. The zero-order chi connectivity index (χ0) is 14.3. The van der Waals surface area contributed by atoms with Crippen LogP contribution < -0.4 is 0 Å². The lowest BCUT2D eigenvalue weighted by Gasteiger charge is -2.05. The van der Waals surface area contributed by atoms with Crippen LogP contribution in [0.2, 0.25) is 0 Å². The van der Waals surface area contributed by atoms with Gasteiger partial charge in [0.2, 0.25) is 0 Å². The number of benzene rings is 1. The van der Waals surface area contributed by atoms with Crippen LogP contribution in [-0.2, 0) is 25.1 Å². The van der Waals surface area contributed by atoms with Crippen LogP contribution >= 0.6 is 0 Å². The van der Waals surface area contributed by atoms with Gasteiger partial charge in [-0.3, -0.25) is 13.8 Å². The van der Waals surface area contributed by atoms with Crippen molar-refractivity contribution in [2.45, 2.75) is 31.6 Å². The molecule has 5 heteroatoms. The van der Waals surface area contributed by atoms with Crippen molar-refractivity contribution < 1.29 is 18.5 Å². The van der Waals surface area contributed by atoms with Gasteiger partial charge in [-0.2, -0.15) is 0 Å². The van der Waals surface area contributed by atoms with Gasteiger partial charge in [0, 0.05) is 11.3 Å². The van der Waals surface area contributed by atoms with Gasteiger partial charge < -0.3 is 4.74 Å². The molecule has 1 unspecified atom stereocenters. The summed E-state index contributed by atoms with van der Waals surface area (Å²) in [5.74, 6) is -0.628. The summed E-state index contributed by atoms with van der Waals surface area (Å²) in [6, 6.07) is 7.27. The zero-order valence-corrected chi connectivity index (χ0v) is 12.0. The monoisotopic (exact) mass is 282 g/mol. The van der Waals surface area contributed by atoms with Crippen molar-refractivity contribution in [3.8, 4) is 0 Å². The molecule has 0 fully saturated rings. The molecule has 0 radical (unpaired) electrons. The molecule has 0 aliphatic rings. The number of Topliss-reactive ketones (excluding diaryl/α,β-unsaturated/α-hetero) is 1. The summed E-state index contributed by atoms with van der Waals surface area (Å²) in [6.45, 7) is 3.88. The number of rotatable bonds is 7. The van der Waals surface area contributed by atoms with Gasteiger partial charge in [0.05, 0.1) is 29.6 Å². The van der Waals surface area contributed by atoms with E-state index in [9.17, 15) is 13.8 Å². The van der Waals surface area contributed by atoms with E-state index in [2.05, 4.69) is 0 Å². The molecule has 0 N–H and O–H groups in total. The molecule has 0 heterocycles. The maximum atomic E-state index is 12.0. The Bertz CT molecular complexity index is 482. The molecule has 1 aromatic rings. The smallest absolute Gasteiger partial charge is 0.306 e. The van der Waals surface area contributed by atoms with Crippen LogP contribution in [-0.4, -0.2) is 28.3 Å². The molecule has 4 nitrogen and oxygen atoms in total. The second-order valence-electron chi connectivity index (χ2n) is 4.10. The highest BCUT2D eigenvalue weighted by atomic mass is 32.2. The first-order valence-corrected chi connectivity index (χ1v) is 7.47. The molecule has 19 heavy (non-hydrogen) atoms. The average molecular weight is 282 g/mol. The molecule has 0 aromatic heterocycles. The Morgan fingerprint density at radius 3 is 2.53 bits per heavy atom. The maximum Gasteiger partial charge on any atom is 0.306 e. The van der Waals surface area contributed by atoms with Crippen molar-refractivity contribution in [1.82, 2.24) is 0 Å². The second-order valence-corrected chi connectivity index (χ2v) is 5.52. The molecule has 1 atom stereocenters. The van der Waals surface area contributed by atoms with E-state index in [-0.39, 0.29) is 24.4 Å². The second kappa shape index (κ2) is 7.84. The van der Waals surface area contributed by atoms with E-state index in [1.165, 1.54) is 0 Å². The third-order valence-corrected chi connectivity index (χ3v) is 4.08. The van der Waals surface area contributed by atoms with Gasteiger partial charge in [0.1, 0.15) is 5.78 Å². The summed E-state index contributed by atoms with van der Waals surface area (Å²) >= 11 is 0. The van der Waals surface area contributed by atoms with Crippen molar-refractivity contribution in [1.29, 1.82) is 0 Å². The van der Waals surface area contributed by atoms with Crippen LogP contribution in [0, 0.1) is 6.92 Å². The fourth-order valence-corrected chi connectivity index (χ4v) is 2.83. The van der Waals surface area contributed by atoms with E-state index in [0.29, 0.717) is 11.5 Å². The molecular formula is C14H18O4S. The Hall–Kier alpha value is -1.49. The lowest BCUT2D eigenvalue weighted by molar-refractivity contribution is -0.144. The third-order valence-electron chi connectivity index (χ3n) is 2.54. The van der Waals surface area contributed by atoms with Crippen LogP contribution in [0.4, 0.5) is 0 Å². The zero-order valence-electron chi connectivity index (χ0n) is 11.2. The minimum absolute atomic E-state index is 0.0513. The Morgan fingerprint density at radius 2 is 1.89 bits per heavy atom. The minimum Gasteiger partial charge on any atom is -0.466 e. The molecule has 0 aliphatic carbocycles. The Morgan fingerprint density at radius 1 is 1.21 bits per heavy atom. The van der Waals surface area contributed by atoms with Crippen molar-refractivity contribution in [2.75, 3.05) is 12.4 Å². The summed E-state index contributed by atoms with van der Waals surface area (Å²) in [5.41, 5.74) is 0.902. The largest absolute Gasteiger partial charge is 0.466 e. The highest BCUT2D eigenvalue weighted by Crippen LogP contribution is 2.13. The molecular weight excluding hydrogens is 264 g/mol. The van der Waals surface area contributed by atoms with Gasteiger partial charge in [-0.15, -0.1) is 0 Å². The van der Waals surface area contributed by atoms with Crippen LogP contribution in [0.25, 0.3) is 0 Å². The molecule has 0 amide bonds. The third kappa shape index (κ3) is 5.34. The Kier molecular flexibility index (Phi) is 6.42. The number of ether oxygens (including phenoxy) is 1. The molecule has 1 rings (SSSR count). The van der Waals surface area contributed by atoms with Crippen LogP contribution in [0.5, 0.6) is 0 Å². The maximum absolute atomic E-state index is 12.0. The molecule has 0 bridgehead atoms. The molecule has 104 valence electrons. The topological polar surface area (TPSA) is 60.4 Å². The quantitative estimate of drug-likeness (QED) is 0.718. The number of carbonyl (C=O) groups is 2. The minimum atomic E-state index is -1.35. The normalized spacial score (nSPS) is 11.9. The summed E-state index contributed by atoms with van der Waals surface area (Å²) in [6.07, 6.45) is 0.133. The summed E-state index contributed by atoms with van der Waals surface area (Å²) in [7, 11) is -1.35. The van der Waals surface area contributed by atoms with E-state index in [0.717, 1.165) is 5.56 Å². The van der Waals surface area contributed by atoms with Crippen LogP contribution in [0.3, 0.4) is 0 Å². The fourth-order valence-electron chi connectivity index (χ4n) is 1.58. The predicted octanol–water partition coefficient (Wildman–Crippen LogP) is 2.02. The molecule has 1 aromatic carbocycles. The Labute approximate surface area is 115 Å². The van der Waals surface area contributed by atoms with Crippen molar-refractivity contribution in [2.24, 2.45) is 0 Å². The lowest BCUT2D eigenvalue weighted by atomic mass is 10.2. The molecule has 0 saturated carbocycles. The van der Waals surface area contributed by atoms with Crippen molar-refractivity contribution in [3.05, 3.63) is 29.8 Å². The van der Waals surface area contributed by atoms with Crippen molar-refractivity contribution in [3.63, 3.8) is 0 Å². The van der Waals surface area contributed by atoms with Crippen LogP contribution in [0.1, 0.15) is 25.3 Å². The van der Waals surface area contributed by atoms with Gasteiger partial charge in [-0.1, -0.05) is 18.2 Å². The lowest BCUT2D eigenvalue weighted by Crippen LogP contribution is -2.14. The van der Waals surface area contributed by atoms with Gasteiger partial charge in [-0.25, -0.2) is 0 Å². The summed E-state index contributed by atoms with van der Waals surface area (Å²) in [5, 5.41) is 0. The Balaban J connectivity index is 2.47. The molecule has 0 aliphatic heterocycles. The highest BCUT2D eigenvalue weighted by Gasteiger charge is 2.13. The summed E-state index contributed by atoms with van der Waals surface area (Å²) < 4.78 is 16.8. The van der Waals surface area contributed by atoms with Crippen molar-refractivity contribution >= 4 is 22.6 Å².